The van der Waals surface area contributed by atoms with Crippen molar-refractivity contribution in [2.45, 2.75) is 6.92 Å². The number of nitrogens with two attached hydrogens (primary N) is 1. The number of benzene rings is 2. The lowest BCUT2D eigenvalue weighted by Gasteiger charge is -2.08. The van der Waals surface area contributed by atoms with Crippen molar-refractivity contribution in [3.8, 4) is 0 Å². The molecule has 2 rings (SSSR count). The Morgan fingerprint density at radius 2 is 1.90 bits per heavy atom. The first-order chi connectivity index (χ1) is 10.0. The lowest BCUT2D eigenvalue weighted by molar-refractivity contribution is 0.255. The lowest BCUT2D eigenvalue weighted by atomic mass is 10.2. The van der Waals surface area contributed by atoms with Crippen molar-refractivity contribution in [1.82, 2.24) is 5.32 Å². The van der Waals surface area contributed by atoms with Crippen LogP contribution in [0, 0.1) is 6.92 Å². The molecule has 4 N–H and O–H groups in total. The van der Waals surface area contributed by atoms with Gasteiger partial charge in [-0.3, -0.25) is 0 Å². The van der Waals surface area contributed by atoms with Gasteiger partial charge in [-0.05, 0) is 48.4 Å². The summed E-state index contributed by atoms with van der Waals surface area (Å²) in [5.74, 6) is 0. The summed E-state index contributed by atoms with van der Waals surface area (Å²) < 4.78 is 1.01. The van der Waals surface area contributed by atoms with E-state index in [1.54, 1.807) is 12.3 Å². The molecule has 21 heavy (non-hydrogen) atoms. The molecule has 5 heteroatoms. The summed E-state index contributed by atoms with van der Waals surface area (Å²) >= 11 is 3.37. The highest BCUT2D eigenvalue weighted by atomic mass is 79.9. The second-order valence-electron chi connectivity index (χ2n) is 4.57. The normalized spacial score (nSPS) is 10.6. The minimum atomic E-state index is -0.333. The molecule has 108 valence electrons. The van der Waals surface area contributed by atoms with Crippen LogP contribution in [-0.2, 0) is 0 Å². The molecule has 0 aliphatic heterocycles. The molecule has 0 saturated carbocycles. The molecule has 0 saturated heterocycles. The van der Waals surface area contributed by atoms with Crippen LogP contribution < -0.4 is 16.4 Å². The molecule has 0 fully saturated rings. The third-order valence-electron chi connectivity index (χ3n) is 2.82. The van der Waals surface area contributed by atoms with E-state index in [9.17, 15) is 4.79 Å². The van der Waals surface area contributed by atoms with Crippen molar-refractivity contribution in [2.24, 2.45) is 0 Å². The van der Waals surface area contributed by atoms with Crippen LogP contribution in [0.4, 0.5) is 16.2 Å². The fraction of sp³-hybridized carbons (Fsp3) is 0.0625. The molecule has 2 amide bonds. The summed E-state index contributed by atoms with van der Waals surface area (Å²) in [7, 11) is 0. The summed E-state index contributed by atoms with van der Waals surface area (Å²) in [5.41, 5.74) is 8.97. The van der Waals surface area contributed by atoms with Crippen LogP contribution in [0.1, 0.15) is 11.1 Å². The van der Waals surface area contributed by atoms with Crippen molar-refractivity contribution < 1.29 is 4.79 Å². The maximum absolute atomic E-state index is 11.8. The smallest absolute Gasteiger partial charge is 0.323 e. The minimum Gasteiger partial charge on any atom is -0.397 e. The van der Waals surface area contributed by atoms with Crippen molar-refractivity contribution in [2.75, 3.05) is 11.1 Å². The zero-order valence-corrected chi connectivity index (χ0v) is 13.1. The van der Waals surface area contributed by atoms with E-state index in [0.717, 1.165) is 15.6 Å². The Labute approximate surface area is 132 Å². The average molecular weight is 346 g/mol. The molecule has 0 radical (unpaired) electrons. The van der Waals surface area contributed by atoms with Gasteiger partial charge in [0, 0.05) is 10.7 Å². The summed E-state index contributed by atoms with van der Waals surface area (Å²) in [6.45, 7) is 1.94. The molecule has 0 heterocycles. The number of hydrogen-bond donors (Lipinski definition) is 3. The summed E-state index contributed by atoms with van der Waals surface area (Å²) in [5, 5.41) is 5.36. The number of aryl methyl sites for hydroxylation is 1. The highest BCUT2D eigenvalue weighted by molar-refractivity contribution is 9.10. The number of anilines is 2. The fourth-order valence-corrected chi connectivity index (χ4v) is 1.99. The van der Waals surface area contributed by atoms with Gasteiger partial charge in [-0.15, -0.1) is 0 Å². The molecule has 0 aliphatic rings. The second-order valence-corrected chi connectivity index (χ2v) is 5.49. The molecule has 0 atom stereocenters. The predicted octanol–water partition coefficient (Wildman–Crippen LogP) is 4.13. The first kappa shape index (κ1) is 15.1. The van der Waals surface area contributed by atoms with Crippen LogP contribution in [0.2, 0.25) is 0 Å². The van der Waals surface area contributed by atoms with E-state index in [0.29, 0.717) is 11.4 Å². The first-order valence-electron chi connectivity index (χ1n) is 6.40. The van der Waals surface area contributed by atoms with Gasteiger partial charge in [-0.2, -0.15) is 0 Å². The third kappa shape index (κ3) is 4.65. The van der Waals surface area contributed by atoms with Crippen LogP contribution in [0.3, 0.4) is 0 Å². The Balaban J connectivity index is 1.93. The molecule has 2 aromatic rings. The molecule has 0 aromatic heterocycles. The number of urea groups is 1. The van der Waals surface area contributed by atoms with E-state index in [4.69, 9.17) is 5.73 Å². The minimum absolute atomic E-state index is 0.333. The van der Waals surface area contributed by atoms with E-state index < -0.39 is 0 Å². The Morgan fingerprint density at radius 3 is 2.62 bits per heavy atom. The molecule has 0 aliphatic carbocycles. The topological polar surface area (TPSA) is 67.1 Å². The number of carbonyl (C=O) groups excluding carboxylic acids is 1. The Morgan fingerprint density at radius 1 is 1.19 bits per heavy atom. The van der Waals surface area contributed by atoms with E-state index >= 15 is 0 Å². The van der Waals surface area contributed by atoms with E-state index in [1.165, 1.54) is 0 Å². The first-order valence-corrected chi connectivity index (χ1v) is 7.19. The van der Waals surface area contributed by atoms with Gasteiger partial charge in [-0.25, -0.2) is 4.79 Å². The van der Waals surface area contributed by atoms with Gasteiger partial charge in [0.15, 0.2) is 0 Å². The largest absolute Gasteiger partial charge is 0.397 e. The monoisotopic (exact) mass is 345 g/mol. The van der Waals surface area contributed by atoms with Crippen molar-refractivity contribution in [3.63, 3.8) is 0 Å². The van der Waals surface area contributed by atoms with Gasteiger partial charge >= 0.3 is 6.03 Å². The Kier molecular flexibility index (Phi) is 5.00. The van der Waals surface area contributed by atoms with Crippen molar-refractivity contribution in [3.05, 3.63) is 64.3 Å². The van der Waals surface area contributed by atoms with Crippen LogP contribution in [0.5, 0.6) is 0 Å². The number of rotatable bonds is 3. The third-order valence-corrected chi connectivity index (χ3v) is 3.35. The van der Waals surface area contributed by atoms with Crippen LogP contribution in [0.15, 0.2) is 53.1 Å². The SMILES string of the molecule is Cc1ccc(N)c(NC(=O)N/C=C/c2ccc(Br)cc2)c1. The predicted molar refractivity (Wildman–Crippen MR) is 90.9 cm³/mol. The highest BCUT2D eigenvalue weighted by Gasteiger charge is 2.03. The van der Waals surface area contributed by atoms with Crippen LogP contribution in [0.25, 0.3) is 6.08 Å². The van der Waals surface area contributed by atoms with Gasteiger partial charge in [0.25, 0.3) is 0 Å². The van der Waals surface area contributed by atoms with Gasteiger partial charge in [0.2, 0.25) is 0 Å². The second kappa shape index (κ2) is 6.95. The quantitative estimate of drug-likeness (QED) is 0.732. The lowest BCUT2D eigenvalue weighted by Crippen LogP contribution is -2.24. The molecular weight excluding hydrogens is 330 g/mol. The summed E-state index contributed by atoms with van der Waals surface area (Å²) in [4.78, 5) is 11.8. The van der Waals surface area contributed by atoms with Crippen molar-refractivity contribution in [1.29, 1.82) is 0 Å². The highest BCUT2D eigenvalue weighted by Crippen LogP contribution is 2.19. The number of halogens is 1. The van der Waals surface area contributed by atoms with Crippen molar-refractivity contribution >= 4 is 39.4 Å². The Hall–Kier alpha value is -2.27. The molecule has 2 aromatic carbocycles. The molecule has 4 nitrogen and oxygen atoms in total. The summed E-state index contributed by atoms with van der Waals surface area (Å²) in [6, 6.07) is 12.9. The van der Waals surface area contributed by atoms with Gasteiger partial charge < -0.3 is 16.4 Å². The van der Waals surface area contributed by atoms with Gasteiger partial charge in [-0.1, -0.05) is 34.1 Å². The fourth-order valence-electron chi connectivity index (χ4n) is 1.72. The Bertz CT molecular complexity index is 666. The number of amides is 2. The average Bonchev–Trinajstić information content (AvgIpc) is 2.45. The van der Waals surface area contributed by atoms with E-state index in [2.05, 4.69) is 26.6 Å². The van der Waals surface area contributed by atoms with E-state index in [-0.39, 0.29) is 6.03 Å². The number of hydrogen-bond acceptors (Lipinski definition) is 2. The zero-order valence-electron chi connectivity index (χ0n) is 11.6. The van der Waals surface area contributed by atoms with Crippen LogP contribution in [-0.4, -0.2) is 6.03 Å². The van der Waals surface area contributed by atoms with Gasteiger partial charge in [0.1, 0.15) is 0 Å². The maximum Gasteiger partial charge on any atom is 0.323 e. The number of nitrogens with one attached hydrogen (secondary N) is 2. The van der Waals surface area contributed by atoms with E-state index in [1.807, 2.05) is 49.4 Å². The van der Waals surface area contributed by atoms with Gasteiger partial charge in [0.05, 0.1) is 11.4 Å². The molecule has 0 spiro atoms. The zero-order chi connectivity index (χ0) is 15.2. The molecule has 0 bridgehead atoms. The summed E-state index contributed by atoms with van der Waals surface area (Å²) in [6.07, 6.45) is 3.40. The molecular formula is C16H16BrN3O. The molecule has 0 unspecified atom stereocenters. The standard InChI is InChI=1S/C16H16BrN3O/c1-11-2-7-14(18)15(10-11)20-16(21)19-9-8-12-3-5-13(17)6-4-12/h2-10H,18H2,1H3,(H2,19,20,21)/b9-8+. The van der Waals surface area contributed by atoms with Crippen LogP contribution >= 0.6 is 15.9 Å². The number of nitrogen functional groups attached to an aromatic ring is 1. The number of carbonyl (C=O) groups is 1. The maximum atomic E-state index is 11.8.